The summed E-state index contributed by atoms with van der Waals surface area (Å²) in [5.74, 6) is -0.504. The molecule has 0 aliphatic carbocycles. The smallest absolute Gasteiger partial charge is 0.344 e. The number of nitrogens with two attached hydrogens (primary N) is 1. The molecule has 0 radical (unpaired) electrons. The average Bonchev–Trinajstić information content (AvgIpc) is 2.58. The molecule has 2 aliphatic heterocycles. The van der Waals surface area contributed by atoms with E-state index in [-0.39, 0.29) is 17.1 Å². The minimum Gasteiger partial charge on any atom is -0.368 e. The highest BCUT2D eigenvalue weighted by Gasteiger charge is 2.50. The van der Waals surface area contributed by atoms with Crippen LogP contribution in [0.3, 0.4) is 0 Å². The number of hydroxylamine groups is 2. The van der Waals surface area contributed by atoms with Crippen molar-refractivity contribution in [2.24, 2.45) is 5.73 Å². The molecule has 2 rings (SSSR count). The predicted octanol–water partition coefficient (Wildman–Crippen LogP) is 1.84. The third-order valence-electron chi connectivity index (χ3n) is 4.79. The quantitative estimate of drug-likeness (QED) is 0.638. The fourth-order valence-electron chi connectivity index (χ4n) is 2.33. The molecule has 2 bridgehead atoms. The predicted molar refractivity (Wildman–Crippen MR) is 82.8 cm³/mol. The van der Waals surface area contributed by atoms with Crippen molar-refractivity contribution in [1.29, 1.82) is 0 Å². The normalized spacial score (nSPS) is 26.2. The third-order valence-corrected chi connectivity index (χ3v) is 9.06. The Bertz CT molecular complexity index is 510. The summed E-state index contributed by atoms with van der Waals surface area (Å²) in [6.45, 7) is 13.0. The lowest BCUT2D eigenvalue weighted by atomic mass is 10.0. The van der Waals surface area contributed by atoms with Gasteiger partial charge in [-0.15, -0.1) is 0 Å². The SMILES string of the molecule is CC1=C[C@@H](C(N)=O)N2C[C@@H]1N(O[Si](C)(C)C(C)(C)C)C2=O. The van der Waals surface area contributed by atoms with Crippen molar-refractivity contribution in [2.45, 2.75) is 57.9 Å². The number of carbonyl (C=O) groups is 2. The first-order chi connectivity index (χ1) is 9.45. The molecule has 2 aliphatic rings. The van der Waals surface area contributed by atoms with Crippen LogP contribution >= 0.6 is 0 Å². The molecule has 118 valence electrons. The summed E-state index contributed by atoms with van der Waals surface area (Å²) >= 11 is 0. The van der Waals surface area contributed by atoms with E-state index in [0.717, 1.165) is 5.57 Å². The molecule has 3 amide bonds. The second-order valence-electron chi connectivity index (χ2n) is 7.39. The summed E-state index contributed by atoms with van der Waals surface area (Å²) < 4.78 is 6.18. The highest BCUT2D eigenvalue weighted by molar-refractivity contribution is 6.74. The van der Waals surface area contributed by atoms with Crippen molar-refractivity contribution in [3.05, 3.63) is 11.6 Å². The minimum atomic E-state index is -2.12. The monoisotopic (exact) mass is 311 g/mol. The van der Waals surface area contributed by atoms with Gasteiger partial charge >= 0.3 is 6.03 Å². The van der Waals surface area contributed by atoms with E-state index in [1.54, 1.807) is 6.08 Å². The second-order valence-corrected chi connectivity index (χ2v) is 12.1. The first-order valence-electron chi connectivity index (χ1n) is 7.22. The lowest BCUT2D eigenvalue weighted by Crippen LogP contribution is -2.50. The van der Waals surface area contributed by atoms with Crippen LogP contribution in [0.2, 0.25) is 18.1 Å². The van der Waals surface area contributed by atoms with E-state index in [9.17, 15) is 9.59 Å². The van der Waals surface area contributed by atoms with E-state index in [2.05, 4.69) is 33.9 Å². The molecule has 2 N–H and O–H groups in total. The van der Waals surface area contributed by atoms with Crippen LogP contribution in [0.1, 0.15) is 27.7 Å². The van der Waals surface area contributed by atoms with E-state index in [4.69, 9.17) is 10.3 Å². The second kappa shape index (κ2) is 4.84. The summed E-state index contributed by atoms with van der Waals surface area (Å²) in [4.78, 5) is 25.6. The minimum absolute atomic E-state index is 0.0000115. The van der Waals surface area contributed by atoms with E-state index in [1.165, 1.54) is 9.96 Å². The summed E-state index contributed by atoms with van der Waals surface area (Å²) in [5.41, 5.74) is 6.35. The molecule has 2 atom stereocenters. The summed E-state index contributed by atoms with van der Waals surface area (Å²) in [7, 11) is -2.12. The van der Waals surface area contributed by atoms with Crippen LogP contribution in [0.4, 0.5) is 4.79 Å². The molecule has 21 heavy (non-hydrogen) atoms. The maximum atomic E-state index is 12.6. The summed E-state index contributed by atoms with van der Waals surface area (Å²) in [6.07, 6.45) is 1.77. The Balaban J connectivity index is 2.28. The Morgan fingerprint density at radius 1 is 1.43 bits per heavy atom. The molecular formula is C14H25N3O3Si. The average molecular weight is 311 g/mol. The Labute approximate surface area is 127 Å². The van der Waals surface area contributed by atoms with Crippen LogP contribution in [0.25, 0.3) is 0 Å². The fourth-order valence-corrected chi connectivity index (χ4v) is 3.30. The van der Waals surface area contributed by atoms with Gasteiger partial charge in [0.1, 0.15) is 6.04 Å². The number of primary amides is 1. The molecular weight excluding hydrogens is 286 g/mol. The van der Waals surface area contributed by atoms with Crippen molar-refractivity contribution in [1.82, 2.24) is 9.96 Å². The van der Waals surface area contributed by atoms with Crippen molar-refractivity contribution < 1.29 is 14.1 Å². The van der Waals surface area contributed by atoms with Gasteiger partial charge in [-0.3, -0.25) is 4.79 Å². The van der Waals surface area contributed by atoms with E-state index >= 15 is 0 Å². The van der Waals surface area contributed by atoms with E-state index < -0.39 is 20.3 Å². The van der Waals surface area contributed by atoms with Gasteiger partial charge < -0.3 is 15.2 Å². The molecule has 0 saturated carbocycles. The van der Waals surface area contributed by atoms with Crippen LogP contribution in [-0.2, 0) is 9.32 Å². The first kappa shape index (κ1) is 16.0. The van der Waals surface area contributed by atoms with E-state index in [1.807, 2.05) is 6.92 Å². The van der Waals surface area contributed by atoms with Crippen LogP contribution in [-0.4, -0.2) is 48.8 Å². The lowest BCUT2D eigenvalue weighted by Gasteiger charge is -2.39. The number of carbonyl (C=O) groups excluding carboxylic acids is 2. The Morgan fingerprint density at radius 2 is 2.00 bits per heavy atom. The molecule has 0 aromatic rings. The molecule has 0 aromatic heterocycles. The molecule has 7 heteroatoms. The van der Waals surface area contributed by atoms with Crippen molar-refractivity contribution in [2.75, 3.05) is 6.54 Å². The van der Waals surface area contributed by atoms with Gasteiger partial charge in [0.2, 0.25) is 14.2 Å². The number of urea groups is 1. The maximum Gasteiger partial charge on any atom is 0.344 e. The van der Waals surface area contributed by atoms with Gasteiger partial charge in [-0.2, -0.15) is 0 Å². The Morgan fingerprint density at radius 3 is 2.48 bits per heavy atom. The van der Waals surface area contributed by atoms with Crippen LogP contribution in [0.15, 0.2) is 11.6 Å². The van der Waals surface area contributed by atoms with Gasteiger partial charge in [0.05, 0.1) is 12.6 Å². The van der Waals surface area contributed by atoms with Gasteiger partial charge in [0, 0.05) is 0 Å². The molecule has 6 nitrogen and oxygen atoms in total. The van der Waals surface area contributed by atoms with Crippen LogP contribution < -0.4 is 5.73 Å². The van der Waals surface area contributed by atoms with Crippen molar-refractivity contribution in [3.8, 4) is 0 Å². The number of hydrogen-bond donors (Lipinski definition) is 1. The van der Waals surface area contributed by atoms with Crippen LogP contribution in [0.5, 0.6) is 0 Å². The number of rotatable bonds is 3. The van der Waals surface area contributed by atoms with Crippen molar-refractivity contribution in [3.63, 3.8) is 0 Å². The molecule has 0 spiro atoms. The first-order valence-corrected chi connectivity index (χ1v) is 10.1. The zero-order chi connectivity index (χ0) is 16.2. The highest BCUT2D eigenvalue weighted by atomic mass is 28.4. The third kappa shape index (κ3) is 2.60. The Kier molecular flexibility index (Phi) is 3.70. The summed E-state index contributed by atoms with van der Waals surface area (Å²) in [6, 6.07) is -1.05. The number of fused-ring (bicyclic) bond motifs is 2. The molecule has 2 heterocycles. The number of nitrogens with zero attached hydrogens (tertiary/aromatic N) is 2. The molecule has 0 unspecified atom stereocenters. The Hall–Kier alpha value is -1.34. The van der Waals surface area contributed by atoms with Gasteiger partial charge in [0.25, 0.3) is 0 Å². The topological polar surface area (TPSA) is 75.9 Å². The van der Waals surface area contributed by atoms with E-state index in [0.29, 0.717) is 6.54 Å². The standard InChI is InChI=1S/C14H25N3O3Si/c1-9-7-10(12(15)18)16-8-11(9)17(13(16)19)20-21(5,6)14(2,3)4/h7,10-11H,8H2,1-6H3,(H2,15,18)/t10-,11-/m0/s1. The summed E-state index contributed by atoms with van der Waals surface area (Å²) in [5, 5.41) is 1.46. The van der Waals surface area contributed by atoms with Gasteiger partial charge in [0.15, 0.2) is 0 Å². The van der Waals surface area contributed by atoms with Gasteiger partial charge in [-0.25, -0.2) is 9.86 Å². The number of amides is 3. The molecule has 0 aromatic carbocycles. The van der Waals surface area contributed by atoms with Crippen molar-refractivity contribution >= 4 is 20.3 Å². The van der Waals surface area contributed by atoms with Crippen LogP contribution in [0, 0.1) is 0 Å². The van der Waals surface area contributed by atoms with Gasteiger partial charge in [-0.05, 0) is 30.6 Å². The molecule has 1 fully saturated rings. The largest absolute Gasteiger partial charge is 0.368 e. The fraction of sp³-hybridized carbons (Fsp3) is 0.714. The lowest BCUT2D eigenvalue weighted by molar-refractivity contribution is -0.120. The molecule has 1 saturated heterocycles. The highest BCUT2D eigenvalue weighted by Crippen LogP contribution is 2.40. The van der Waals surface area contributed by atoms with Gasteiger partial charge in [-0.1, -0.05) is 26.8 Å². The maximum absolute atomic E-state index is 12.6. The number of hydrogen-bond acceptors (Lipinski definition) is 3. The zero-order valence-corrected chi connectivity index (χ0v) is 14.6. The zero-order valence-electron chi connectivity index (χ0n) is 13.6.